The van der Waals surface area contributed by atoms with E-state index in [-0.39, 0.29) is 29.2 Å². The number of halogens is 2. The normalized spacial score (nSPS) is 15.4. The average molecular weight is 410 g/mol. The minimum Gasteiger partial charge on any atom is -0.379 e. The Morgan fingerprint density at radius 3 is 2.39 bits per heavy atom. The van der Waals surface area contributed by atoms with Crippen LogP contribution in [0.2, 0.25) is 0 Å². The lowest BCUT2D eigenvalue weighted by Crippen LogP contribution is -2.41. The van der Waals surface area contributed by atoms with Gasteiger partial charge in [0.05, 0.1) is 18.1 Å². The summed E-state index contributed by atoms with van der Waals surface area (Å²) in [6.07, 6.45) is 0. The first-order chi connectivity index (χ1) is 13.2. The Morgan fingerprint density at radius 1 is 1.07 bits per heavy atom. The quantitative estimate of drug-likeness (QED) is 0.777. The number of carbonyl (C=O) groups excluding carboxylic acids is 1. The Labute approximate surface area is 162 Å². The summed E-state index contributed by atoms with van der Waals surface area (Å²) in [5.74, 6) is -2.63. The number of benzene rings is 2. The van der Waals surface area contributed by atoms with E-state index in [0.29, 0.717) is 18.8 Å². The lowest BCUT2D eigenvalue weighted by molar-refractivity contribution is 0.0730. The van der Waals surface area contributed by atoms with E-state index in [1.54, 1.807) is 13.0 Å². The molecule has 9 heteroatoms. The summed E-state index contributed by atoms with van der Waals surface area (Å²) in [5.41, 5.74) is 0.797. The molecule has 6 nitrogen and oxygen atoms in total. The monoisotopic (exact) mass is 410 g/mol. The lowest BCUT2D eigenvalue weighted by Gasteiger charge is -2.27. The maximum atomic E-state index is 13.5. The van der Waals surface area contributed by atoms with Gasteiger partial charge in [-0.2, -0.15) is 4.31 Å². The second kappa shape index (κ2) is 7.94. The standard InChI is InChI=1S/C19H20F2N2O4S/c1-13-3-4-14(11-18(13)28(25,26)23-7-9-27-10-8-23)19(24)22(2)15-5-6-16(20)17(21)12-15/h3-6,11-12H,7-10H2,1-2H3. The fourth-order valence-corrected chi connectivity index (χ4v) is 4.60. The number of sulfonamides is 1. The van der Waals surface area contributed by atoms with Crippen molar-refractivity contribution in [2.75, 3.05) is 38.3 Å². The third kappa shape index (κ3) is 3.91. The number of ether oxygens (including phenoxy) is 1. The van der Waals surface area contributed by atoms with E-state index in [0.717, 1.165) is 17.0 Å². The maximum absolute atomic E-state index is 13.5. The number of anilines is 1. The molecule has 28 heavy (non-hydrogen) atoms. The van der Waals surface area contributed by atoms with Crippen LogP contribution >= 0.6 is 0 Å². The molecule has 1 aliphatic heterocycles. The summed E-state index contributed by atoms with van der Waals surface area (Å²) >= 11 is 0. The zero-order chi connectivity index (χ0) is 20.5. The number of amides is 1. The molecule has 0 saturated carbocycles. The Bertz CT molecular complexity index is 1000. The van der Waals surface area contributed by atoms with Gasteiger partial charge in [0, 0.05) is 37.5 Å². The molecule has 2 aromatic carbocycles. The van der Waals surface area contributed by atoms with E-state index in [1.165, 1.54) is 29.6 Å². The predicted octanol–water partition coefficient (Wildman–Crippen LogP) is 2.57. The first-order valence-electron chi connectivity index (χ1n) is 8.63. The van der Waals surface area contributed by atoms with Gasteiger partial charge in [-0.15, -0.1) is 0 Å². The number of carbonyl (C=O) groups is 1. The molecular weight excluding hydrogens is 390 g/mol. The number of hydrogen-bond acceptors (Lipinski definition) is 4. The van der Waals surface area contributed by atoms with Crippen molar-refractivity contribution in [1.82, 2.24) is 4.31 Å². The molecule has 0 atom stereocenters. The van der Waals surface area contributed by atoms with Crippen LogP contribution in [0.1, 0.15) is 15.9 Å². The first-order valence-corrected chi connectivity index (χ1v) is 10.1. The highest BCUT2D eigenvalue weighted by atomic mass is 32.2. The molecule has 1 saturated heterocycles. The number of nitrogens with zero attached hydrogens (tertiary/aromatic N) is 2. The molecular formula is C19H20F2N2O4S. The fraction of sp³-hybridized carbons (Fsp3) is 0.316. The van der Waals surface area contributed by atoms with E-state index in [1.807, 2.05) is 0 Å². The Kier molecular flexibility index (Phi) is 5.78. The van der Waals surface area contributed by atoms with Crippen LogP contribution in [0.5, 0.6) is 0 Å². The minimum atomic E-state index is -3.78. The zero-order valence-electron chi connectivity index (χ0n) is 15.5. The van der Waals surface area contributed by atoms with Gasteiger partial charge in [0.25, 0.3) is 5.91 Å². The van der Waals surface area contributed by atoms with Crippen molar-refractivity contribution < 1.29 is 26.7 Å². The molecule has 0 radical (unpaired) electrons. The number of aryl methyl sites for hydroxylation is 1. The van der Waals surface area contributed by atoms with Crippen LogP contribution in [0.15, 0.2) is 41.3 Å². The van der Waals surface area contributed by atoms with Crippen LogP contribution in [0.3, 0.4) is 0 Å². The van der Waals surface area contributed by atoms with Gasteiger partial charge in [0.15, 0.2) is 11.6 Å². The second-order valence-corrected chi connectivity index (χ2v) is 8.37. The van der Waals surface area contributed by atoms with Crippen LogP contribution in [-0.2, 0) is 14.8 Å². The van der Waals surface area contributed by atoms with Gasteiger partial charge in [-0.1, -0.05) is 6.07 Å². The topological polar surface area (TPSA) is 66.9 Å². The Morgan fingerprint density at radius 2 is 1.75 bits per heavy atom. The van der Waals surface area contributed by atoms with Gasteiger partial charge in [-0.25, -0.2) is 17.2 Å². The Hall–Kier alpha value is -2.36. The van der Waals surface area contributed by atoms with Gasteiger partial charge in [0.1, 0.15) is 0 Å². The van der Waals surface area contributed by atoms with Gasteiger partial charge < -0.3 is 9.64 Å². The van der Waals surface area contributed by atoms with E-state index < -0.39 is 27.6 Å². The molecule has 1 amide bonds. The molecule has 3 rings (SSSR count). The first kappa shape index (κ1) is 20.4. The predicted molar refractivity (Wildman–Crippen MR) is 99.8 cm³/mol. The molecule has 0 aromatic heterocycles. The molecule has 0 N–H and O–H groups in total. The zero-order valence-corrected chi connectivity index (χ0v) is 16.3. The lowest BCUT2D eigenvalue weighted by atomic mass is 10.1. The highest BCUT2D eigenvalue weighted by Crippen LogP contribution is 2.24. The third-order valence-corrected chi connectivity index (χ3v) is 6.66. The van der Waals surface area contributed by atoms with Crippen molar-refractivity contribution in [2.45, 2.75) is 11.8 Å². The number of rotatable bonds is 4. The van der Waals surface area contributed by atoms with Crippen molar-refractivity contribution in [3.63, 3.8) is 0 Å². The molecule has 2 aromatic rings. The Balaban J connectivity index is 1.93. The van der Waals surface area contributed by atoms with Crippen molar-refractivity contribution in [3.05, 3.63) is 59.2 Å². The van der Waals surface area contributed by atoms with E-state index in [9.17, 15) is 22.0 Å². The molecule has 0 aliphatic carbocycles. The van der Waals surface area contributed by atoms with Crippen LogP contribution in [0.25, 0.3) is 0 Å². The summed E-state index contributed by atoms with van der Waals surface area (Å²) in [7, 11) is -2.37. The third-order valence-electron chi connectivity index (χ3n) is 4.62. The largest absolute Gasteiger partial charge is 0.379 e. The second-order valence-electron chi connectivity index (χ2n) is 6.46. The summed E-state index contributed by atoms with van der Waals surface area (Å²) in [5, 5.41) is 0. The van der Waals surface area contributed by atoms with E-state index in [2.05, 4.69) is 0 Å². The summed E-state index contributed by atoms with van der Waals surface area (Å²) in [4.78, 5) is 14.0. The molecule has 1 heterocycles. The van der Waals surface area contributed by atoms with Gasteiger partial charge >= 0.3 is 0 Å². The molecule has 1 fully saturated rings. The van der Waals surface area contributed by atoms with E-state index >= 15 is 0 Å². The highest BCUT2D eigenvalue weighted by molar-refractivity contribution is 7.89. The van der Waals surface area contributed by atoms with Crippen molar-refractivity contribution in [2.24, 2.45) is 0 Å². The maximum Gasteiger partial charge on any atom is 0.258 e. The summed E-state index contributed by atoms with van der Waals surface area (Å²) in [6.45, 7) is 2.77. The highest BCUT2D eigenvalue weighted by Gasteiger charge is 2.29. The van der Waals surface area contributed by atoms with Crippen LogP contribution < -0.4 is 4.90 Å². The van der Waals surface area contributed by atoms with E-state index in [4.69, 9.17) is 4.74 Å². The smallest absolute Gasteiger partial charge is 0.258 e. The van der Waals surface area contributed by atoms with Crippen molar-refractivity contribution in [1.29, 1.82) is 0 Å². The van der Waals surface area contributed by atoms with Crippen LogP contribution in [0, 0.1) is 18.6 Å². The van der Waals surface area contributed by atoms with Gasteiger partial charge in [-0.3, -0.25) is 4.79 Å². The fourth-order valence-electron chi connectivity index (χ4n) is 2.94. The van der Waals surface area contributed by atoms with Crippen LogP contribution in [0.4, 0.5) is 14.5 Å². The molecule has 1 aliphatic rings. The van der Waals surface area contributed by atoms with Crippen molar-refractivity contribution in [3.8, 4) is 0 Å². The number of hydrogen-bond donors (Lipinski definition) is 0. The number of morpholine rings is 1. The molecule has 0 unspecified atom stereocenters. The average Bonchev–Trinajstić information content (AvgIpc) is 2.70. The summed E-state index contributed by atoms with van der Waals surface area (Å²) < 4.78 is 59.1. The summed E-state index contributed by atoms with van der Waals surface area (Å²) in [6, 6.07) is 7.49. The molecule has 0 bridgehead atoms. The molecule has 150 valence electrons. The van der Waals surface area contributed by atoms with Crippen molar-refractivity contribution >= 4 is 21.6 Å². The van der Waals surface area contributed by atoms with Crippen LogP contribution in [-0.4, -0.2) is 52.0 Å². The minimum absolute atomic E-state index is 0.0407. The van der Waals surface area contributed by atoms with Gasteiger partial charge in [-0.05, 0) is 36.8 Å². The molecule has 0 spiro atoms. The SMILES string of the molecule is Cc1ccc(C(=O)N(C)c2ccc(F)c(F)c2)cc1S(=O)(=O)N1CCOCC1. The van der Waals surface area contributed by atoms with Gasteiger partial charge in [0.2, 0.25) is 10.0 Å².